The van der Waals surface area contributed by atoms with Gasteiger partial charge in [0.25, 0.3) is 0 Å². The summed E-state index contributed by atoms with van der Waals surface area (Å²) in [6.07, 6.45) is 9.95. The van der Waals surface area contributed by atoms with Gasteiger partial charge in [0, 0.05) is 18.9 Å². The highest BCUT2D eigenvalue weighted by Gasteiger charge is 2.56. The van der Waals surface area contributed by atoms with Gasteiger partial charge in [0.05, 0.1) is 24.8 Å². The fourth-order valence-electron chi connectivity index (χ4n) is 4.85. The molecule has 0 radical (unpaired) electrons. The van der Waals surface area contributed by atoms with Crippen molar-refractivity contribution in [2.24, 2.45) is 0 Å². The van der Waals surface area contributed by atoms with Crippen LogP contribution < -0.4 is 0 Å². The summed E-state index contributed by atoms with van der Waals surface area (Å²) < 4.78 is 19.5. The summed E-state index contributed by atoms with van der Waals surface area (Å²) in [5.74, 6) is 1.36. The smallest absolute Gasteiger partial charge is 0.241 e. The van der Waals surface area contributed by atoms with E-state index in [-0.39, 0.29) is 37.9 Å². The predicted octanol–water partition coefficient (Wildman–Crippen LogP) is 3.41. The number of rotatable bonds is 7. The Morgan fingerprint density at radius 2 is 2.03 bits per heavy atom. The van der Waals surface area contributed by atoms with E-state index in [0.29, 0.717) is 11.3 Å². The number of nitrogens with zero attached hydrogens (tertiary/aromatic N) is 2. The number of likely N-dealkylation sites (tertiary alicyclic amines) is 1. The Hall–Kier alpha value is -3.40. The van der Waals surface area contributed by atoms with Gasteiger partial charge in [-0.1, -0.05) is 30.9 Å². The molecule has 1 aliphatic carbocycles. The van der Waals surface area contributed by atoms with E-state index in [1.807, 2.05) is 0 Å². The molecule has 7 heteroatoms. The maximum atomic E-state index is 14.1. The van der Waals surface area contributed by atoms with Crippen LogP contribution in [0.4, 0.5) is 4.39 Å². The molecule has 4 rings (SSSR count). The molecule has 1 aliphatic heterocycles. The van der Waals surface area contributed by atoms with E-state index in [4.69, 9.17) is 10.8 Å². The van der Waals surface area contributed by atoms with E-state index in [0.717, 1.165) is 25.7 Å². The quantitative estimate of drug-likeness (QED) is 0.493. The zero-order valence-corrected chi connectivity index (χ0v) is 17.8. The Morgan fingerprint density at radius 3 is 2.69 bits per heavy atom. The van der Waals surface area contributed by atoms with Crippen LogP contribution >= 0.6 is 0 Å². The van der Waals surface area contributed by atoms with Crippen LogP contribution in [0.15, 0.2) is 47.1 Å². The van der Waals surface area contributed by atoms with Crippen LogP contribution in [0.2, 0.25) is 0 Å². The molecular formula is C25H25FN2O4. The number of halogens is 1. The van der Waals surface area contributed by atoms with Crippen LogP contribution in [0, 0.1) is 18.2 Å². The fraction of sp³-hybridized carbons (Fsp3) is 0.400. The molecule has 1 aromatic carbocycles. The fourth-order valence-corrected chi connectivity index (χ4v) is 4.85. The molecule has 0 bridgehead atoms. The van der Waals surface area contributed by atoms with Gasteiger partial charge in [-0.25, -0.2) is 4.39 Å². The predicted molar refractivity (Wildman–Crippen MR) is 114 cm³/mol. The van der Waals surface area contributed by atoms with Gasteiger partial charge in [0.15, 0.2) is 0 Å². The third-order valence-corrected chi connectivity index (χ3v) is 6.43. The minimum atomic E-state index is -1.45. The normalized spacial score (nSPS) is 21.2. The molecule has 0 spiro atoms. The van der Waals surface area contributed by atoms with Crippen molar-refractivity contribution in [2.75, 3.05) is 6.54 Å². The third-order valence-electron chi connectivity index (χ3n) is 6.43. The van der Waals surface area contributed by atoms with Crippen molar-refractivity contribution in [2.45, 2.75) is 56.5 Å². The molecule has 1 saturated heterocycles. The zero-order chi connectivity index (χ0) is 22.7. The first-order chi connectivity index (χ1) is 15.4. The first kappa shape index (κ1) is 21.8. The van der Waals surface area contributed by atoms with E-state index in [1.165, 1.54) is 34.3 Å². The lowest BCUT2D eigenvalue weighted by Gasteiger charge is -2.31. The Bertz CT molecular complexity index is 1050. The number of hydrogen-bond donors (Lipinski definition) is 0. The Balaban J connectivity index is 1.68. The molecule has 2 heterocycles. The molecule has 2 aromatic rings. The van der Waals surface area contributed by atoms with Gasteiger partial charge < -0.3 is 9.32 Å². The highest BCUT2D eigenvalue weighted by molar-refractivity contribution is 6.11. The number of amides is 3. The van der Waals surface area contributed by atoms with Crippen molar-refractivity contribution in [3.63, 3.8) is 0 Å². The largest absolute Gasteiger partial charge is 0.467 e. The molecule has 1 unspecified atom stereocenters. The summed E-state index contributed by atoms with van der Waals surface area (Å²) in [6.45, 7) is 0.164. The summed E-state index contributed by atoms with van der Waals surface area (Å²) in [5, 5.41) is 0. The maximum absolute atomic E-state index is 14.1. The Labute approximate surface area is 186 Å². The molecule has 166 valence electrons. The number of hydrogen-bond acceptors (Lipinski definition) is 4. The van der Waals surface area contributed by atoms with Crippen LogP contribution in [-0.4, -0.2) is 40.1 Å². The molecule has 1 aromatic heterocycles. The average Bonchev–Trinajstić information content (AvgIpc) is 3.51. The molecule has 6 nitrogen and oxygen atoms in total. The van der Waals surface area contributed by atoms with Gasteiger partial charge in [0.1, 0.15) is 11.6 Å². The number of carbonyl (C=O) groups is 3. The lowest BCUT2D eigenvalue weighted by atomic mass is 9.75. The van der Waals surface area contributed by atoms with Gasteiger partial charge in [-0.3, -0.25) is 19.3 Å². The monoisotopic (exact) mass is 436 g/mol. The van der Waals surface area contributed by atoms with E-state index < -0.39 is 23.0 Å². The topological polar surface area (TPSA) is 70.8 Å². The van der Waals surface area contributed by atoms with E-state index in [1.54, 1.807) is 18.2 Å². The minimum absolute atomic E-state index is 0.0211. The summed E-state index contributed by atoms with van der Waals surface area (Å²) in [7, 11) is 0. The highest BCUT2D eigenvalue weighted by Crippen LogP contribution is 2.43. The second-order valence-corrected chi connectivity index (χ2v) is 8.49. The average molecular weight is 436 g/mol. The molecule has 1 atom stereocenters. The van der Waals surface area contributed by atoms with Crippen LogP contribution in [0.3, 0.4) is 0 Å². The summed E-state index contributed by atoms with van der Waals surface area (Å²) in [5.41, 5.74) is -1.11. The standard InChI is InChI=1S/C25H25FN2O4/c1-2-12-27(17-21-11-6-13-32-21)22(29)15-25(18-7-5-8-19(26)14-18)16-23(30)28(24(25)31)20-9-3-4-10-20/h1,5-8,11,13-14,20H,3-4,9-10,12,15-17H2. The lowest BCUT2D eigenvalue weighted by Crippen LogP contribution is -2.46. The number of imide groups is 1. The minimum Gasteiger partial charge on any atom is -0.467 e. The number of terminal acetylenes is 1. The van der Waals surface area contributed by atoms with Crippen molar-refractivity contribution in [1.29, 1.82) is 0 Å². The van der Waals surface area contributed by atoms with Crippen molar-refractivity contribution < 1.29 is 23.2 Å². The van der Waals surface area contributed by atoms with Crippen LogP contribution in [0.25, 0.3) is 0 Å². The molecule has 0 N–H and O–H groups in total. The van der Waals surface area contributed by atoms with Crippen LogP contribution in [-0.2, 0) is 26.3 Å². The zero-order valence-electron chi connectivity index (χ0n) is 17.8. The number of furan rings is 1. The molecule has 32 heavy (non-hydrogen) atoms. The van der Waals surface area contributed by atoms with E-state index in [2.05, 4.69) is 5.92 Å². The van der Waals surface area contributed by atoms with Gasteiger partial charge in [-0.2, -0.15) is 0 Å². The van der Waals surface area contributed by atoms with Crippen molar-refractivity contribution in [3.05, 3.63) is 59.8 Å². The van der Waals surface area contributed by atoms with Crippen molar-refractivity contribution in [3.8, 4) is 12.3 Å². The Kier molecular flexibility index (Phi) is 6.13. The molecule has 2 aliphatic rings. The molecular weight excluding hydrogens is 411 g/mol. The SMILES string of the molecule is C#CCN(Cc1ccco1)C(=O)CC1(c2cccc(F)c2)CC(=O)N(C2CCCC2)C1=O. The number of benzene rings is 1. The van der Waals surface area contributed by atoms with Crippen molar-refractivity contribution in [1.82, 2.24) is 9.80 Å². The third kappa shape index (κ3) is 4.05. The first-order valence-corrected chi connectivity index (χ1v) is 10.8. The summed E-state index contributed by atoms with van der Waals surface area (Å²) in [4.78, 5) is 42.8. The molecule has 3 amide bonds. The maximum Gasteiger partial charge on any atom is 0.241 e. The summed E-state index contributed by atoms with van der Waals surface area (Å²) in [6, 6.07) is 8.90. The lowest BCUT2D eigenvalue weighted by molar-refractivity contribution is -0.144. The molecule has 1 saturated carbocycles. The second kappa shape index (κ2) is 8.99. The molecule has 2 fully saturated rings. The summed E-state index contributed by atoms with van der Waals surface area (Å²) >= 11 is 0. The Morgan fingerprint density at radius 1 is 1.25 bits per heavy atom. The van der Waals surface area contributed by atoms with Gasteiger partial charge in [-0.15, -0.1) is 6.42 Å². The van der Waals surface area contributed by atoms with Crippen LogP contribution in [0.1, 0.15) is 49.8 Å². The van der Waals surface area contributed by atoms with Gasteiger partial charge in [0.2, 0.25) is 17.7 Å². The van der Waals surface area contributed by atoms with Gasteiger partial charge >= 0.3 is 0 Å². The highest BCUT2D eigenvalue weighted by atomic mass is 19.1. The second-order valence-electron chi connectivity index (χ2n) is 8.49. The van der Waals surface area contributed by atoms with Crippen LogP contribution in [0.5, 0.6) is 0 Å². The van der Waals surface area contributed by atoms with E-state index in [9.17, 15) is 18.8 Å². The van der Waals surface area contributed by atoms with Crippen molar-refractivity contribution >= 4 is 17.7 Å². The van der Waals surface area contributed by atoms with Gasteiger partial charge in [-0.05, 0) is 42.7 Å². The van der Waals surface area contributed by atoms with E-state index >= 15 is 0 Å². The first-order valence-electron chi connectivity index (χ1n) is 10.8. The number of carbonyl (C=O) groups excluding carboxylic acids is 3.